The highest BCUT2D eigenvalue weighted by molar-refractivity contribution is 5.97. The van der Waals surface area contributed by atoms with Crippen molar-refractivity contribution in [1.29, 1.82) is 0 Å². The van der Waals surface area contributed by atoms with Crippen LogP contribution >= 0.6 is 0 Å². The van der Waals surface area contributed by atoms with Crippen LogP contribution in [0.3, 0.4) is 0 Å². The zero-order valence-electron chi connectivity index (χ0n) is 15.4. The summed E-state index contributed by atoms with van der Waals surface area (Å²) < 4.78 is 4.60. The molecule has 1 aromatic heterocycles. The fraction of sp³-hybridized carbons (Fsp3) is 0.300. The maximum absolute atomic E-state index is 12.3. The molecule has 0 saturated heterocycles. The van der Waals surface area contributed by atoms with Crippen LogP contribution in [0.2, 0.25) is 0 Å². The second kappa shape index (κ2) is 8.51. The van der Waals surface area contributed by atoms with Crippen molar-refractivity contribution in [2.24, 2.45) is 0 Å². The Bertz CT molecular complexity index is 912. The van der Waals surface area contributed by atoms with Gasteiger partial charge in [0.1, 0.15) is 0 Å². The third kappa shape index (κ3) is 4.46. The van der Waals surface area contributed by atoms with Crippen molar-refractivity contribution >= 4 is 29.3 Å². The quantitative estimate of drug-likeness (QED) is 0.729. The fourth-order valence-corrected chi connectivity index (χ4v) is 3.16. The number of ether oxygens (including phenoxy) is 1. The first kappa shape index (κ1) is 19.3. The van der Waals surface area contributed by atoms with Gasteiger partial charge in [-0.25, -0.2) is 4.79 Å². The molecule has 2 bridgehead atoms. The molecule has 1 unspecified atom stereocenters. The molecule has 3 N–H and O–H groups in total. The average molecular weight is 383 g/mol. The van der Waals surface area contributed by atoms with Crippen LogP contribution in [-0.2, 0) is 14.3 Å². The van der Waals surface area contributed by atoms with Crippen LogP contribution in [-0.4, -0.2) is 35.2 Å². The zero-order valence-corrected chi connectivity index (χ0v) is 15.4. The normalized spacial score (nSPS) is 16.6. The van der Waals surface area contributed by atoms with Crippen molar-refractivity contribution < 1.29 is 24.2 Å². The molecular weight excluding hydrogens is 362 g/mol. The van der Waals surface area contributed by atoms with E-state index >= 15 is 0 Å². The van der Waals surface area contributed by atoms with Gasteiger partial charge in [-0.1, -0.05) is 12.5 Å². The van der Waals surface area contributed by atoms with Gasteiger partial charge in [0, 0.05) is 17.7 Å². The Morgan fingerprint density at radius 1 is 1.25 bits per heavy atom. The first-order valence-corrected chi connectivity index (χ1v) is 8.97. The van der Waals surface area contributed by atoms with Gasteiger partial charge in [-0.3, -0.25) is 19.9 Å². The molecule has 1 aliphatic rings. The van der Waals surface area contributed by atoms with Gasteiger partial charge >= 0.3 is 12.1 Å². The smallest absolute Gasteiger partial charge is 0.411 e. The highest BCUT2D eigenvalue weighted by Gasteiger charge is 2.23. The van der Waals surface area contributed by atoms with E-state index in [1.165, 1.54) is 7.11 Å². The molecule has 1 atom stereocenters. The fourth-order valence-electron chi connectivity index (χ4n) is 3.16. The molecule has 0 saturated carbocycles. The number of aromatic nitrogens is 1. The summed E-state index contributed by atoms with van der Waals surface area (Å²) in [7, 11) is 1.26. The number of benzene rings is 1. The molecule has 2 amide bonds. The number of aliphatic carboxylic acids is 1. The van der Waals surface area contributed by atoms with Crippen LogP contribution < -0.4 is 10.6 Å². The molecule has 0 fully saturated rings. The molecule has 1 aromatic carbocycles. The Morgan fingerprint density at radius 2 is 2.07 bits per heavy atom. The third-order valence-corrected chi connectivity index (χ3v) is 4.57. The number of hydrogen-bond acceptors (Lipinski definition) is 5. The standard InChI is InChI=1S/C20H21N3O5/c1-28-20(27)21-12-9-10-13-15-6-4-7-16(22-15)14(19(25)26)5-2-3-8-18(24)23-17(13)11-12/h4,6-7,9-11,14H,2-3,5,8H2,1H3,(H,21,27)(H,23,24)(H,25,26). The predicted octanol–water partition coefficient (Wildman–Crippen LogP) is 3.61. The number of carboxylic acids is 1. The summed E-state index contributed by atoms with van der Waals surface area (Å²) in [6.45, 7) is 0. The molecule has 28 heavy (non-hydrogen) atoms. The van der Waals surface area contributed by atoms with E-state index in [0.717, 1.165) is 0 Å². The minimum atomic E-state index is -0.927. The van der Waals surface area contributed by atoms with E-state index in [0.29, 0.717) is 47.6 Å². The van der Waals surface area contributed by atoms with Crippen molar-refractivity contribution in [3.8, 4) is 11.3 Å². The number of rotatable bonds is 2. The van der Waals surface area contributed by atoms with Gasteiger partial charge in [-0.2, -0.15) is 0 Å². The Morgan fingerprint density at radius 3 is 2.82 bits per heavy atom. The Balaban J connectivity index is 2.08. The lowest BCUT2D eigenvalue weighted by Crippen LogP contribution is -2.17. The van der Waals surface area contributed by atoms with Crippen LogP contribution in [0, 0.1) is 0 Å². The van der Waals surface area contributed by atoms with Gasteiger partial charge in [-0.05, 0) is 43.2 Å². The molecule has 8 heteroatoms. The average Bonchev–Trinajstić information content (AvgIpc) is 2.67. The lowest BCUT2D eigenvalue weighted by atomic mass is 9.96. The van der Waals surface area contributed by atoms with Gasteiger partial charge in [0.05, 0.1) is 30.1 Å². The maximum Gasteiger partial charge on any atom is 0.411 e. The summed E-state index contributed by atoms with van der Waals surface area (Å²) >= 11 is 0. The second-order valence-electron chi connectivity index (χ2n) is 6.51. The number of amides is 2. The van der Waals surface area contributed by atoms with Crippen molar-refractivity contribution in [3.05, 3.63) is 42.1 Å². The van der Waals surface area contributed by atoms with Crippen LogP contribution in [0.15, 0.2) is 36.4 Å². The van der Waals surface area contributed by atoms with E-state index in [9.17, 15) is 19.5 Å². The maximum atomic E-state index is 12.3. The second-order valence-corrected chi connectivity index (χ2v) is 6.51. The largest absolute Gasteiger partial charge is 0.481 e. The first-order valence-electron chi connectivity index (χ1n) is 8.97. The number of hydrogen-bond donors (Lipinski definition) is 3. The molecule has 0 radical (unpaired) electrons. The lowest BCUT2D eigenvalue weighted by molar-refractivity contribution is -0.139. The lowest BCUT2D eigenvalue weighted by Gasteiger charge is -2.17. The SMILES string of the molecule is COC(=O)Nc1ccc2c(c1)NC(=O)CCCCC(C(=O)O)c1cccc-2n1. The van der Waals surface area contributed by atoms with E-state index in [1.54, 1.807) is 36.4 Å². The molecule has 146 valence electrons. The summed E-state index contributed by atoms with van der Waals surface area (Å²) in [5, 5.41) is 15.0. The third-order valence-electron chi connectivity index (χ3n) is 4.57. The predicted molar refractivity (Wildman–Crippen MR) is 103 cm³/mol. The number of pyridine rings is 1. The number of fused-ring (bicyclic) bond motifs is 4. The molecule has 2 heterocycles. The van der Waals surface area contributed by atoms with Gasteiger partial charge < -0.3 is 15.2 Å². The first-order chi connectivity index (χ1) is 13.5. The topological polar surface area (TPSA) is 118 Å². The van der Waals surface area contributed by atoms with Gasteiger partial charge in [0.15, 0.2) is 0 Å². The monoisotopic (exact) mass is 383 g/mol. The van der Waals surface area contributed by atoms with Crippen LogP contribution in [0.1, 0.15) is 37.3 Å². The highest BCUT2D eigenvalue weighted by atomic mass is 16.5. The summed E-state index contributed by atoms with van der Waals surface area (Å²) in [4.78, 5) is 40.0. The summed E-state index contributed by atoms with van der Waals surface area (Å²) in [6, 6.07) is 10.2. The number of carbonyl (C=O) groups is 3. The van der Waals surface area contributed by atoms with Crippen LogP contribution in [0.4, 0.5) is 16.2 Å². The Labute approximate surface area is 161 Å². The van der Waals surface area contributed by atoms with E-state index in [1.807, 2.05) is 0 Å². The van der Waals surface area contributed by atoms with E-state index in [4.69, 9.17) is 0 Å². The number of nitrogens with one attached hydrogen (secondary N) is 2. The van der Waals surface area contributed by atoms with E-state index in [-0.39, 0.29) is 12.3 Å². The van der Waals surface area contributed by atoms with Crippen molar-refractivity contribution in [2.75, 3.05) is 17.7 Å². The number of anilines is 2. The Hall–Kier alpha value is -3.42. The van der Waals surface area contributed by atoms with E-state index in [2.05, 4.69) is 20.4 Å². The van der Waals surface area contributed by atoms with Crippen LogP contribution in [0.5, 0.6) is 0 Å². The summed E-state index contributed by atoms with van der Waals surface area (Å²) in [6.07, 6.45) is 1.26. The minimum absolute atomic E-state index is 0.180. The highest BCUT2D eigenvalue weighted by Crippen LogP contribution is 2.32. The molecule has 0 aliphatic carbocycles. The minimum Gasteiger partial charge on any atom is -0.481 e. The Kier molecular flexibility index (Phi) is 5.88. The van der Waals surface area contributed by atoms with Gasteiger partial charge in [0.2, 0.25) is 5.91 Å². The molecular formula is C20H21N3O5. The molecule has 8 nitrogen and oxygen atoms in total. The van der Waals surface area contributed by atoms with Gasteiger partial charge in [0.25, 0.3) is 0 Å². The van der Waals surface area contributed by atoms with Crippen LogP contribution in [0.25, 0.3) is 11.3 Å². The summed E-state index contributed by atoms with van der Waals surface area (Å²) in [5.41, 5.74) is 2.60. The summed E-state index contributed by atoms with van der Waals surface area (Å²) in [5.74, 6) is -1.82. The molecule has 0 spiro atoms. The zero-order chi connectivity index (χ0) is 20.1. The molecule has 3 rings (SSSR count). The molecule has 2 aromatic rings. The number of carboxylic acid groups (broad SMARTS) is 1. The van der Waals surface area contributed by atoms with E-state index < -0.39 is 18.0 Å². The number of carbonyl (C=O) groups excluding carboxylic acids is 2. The van der Waals surface area contributed by atoms with Crippen molar-refractivity contribution in [2.45, 2.75) is 31.6 Å². The van der Waals surface area contributed by atoms with Crippen molar-refractivity contribution in [3.63, 3.8) is 0 Å². The number of methoxy groups -OCH3 is 1. The number of nitrogens with zero attached hydrogens (tertiary/aromatic N) is 1. The van der Waals surface area contributed by atoms with Gasteiger partial charge in [-0.15, -0.1) is 0 Å². The van der Waals surface area contributed by atoms with Crippen molar-refractivity contribution in [1.82, 2.24) is 4.98 Å². The molecule has 1 aliphatic heterocycles.